The molecular formula is C18H24FeN6O6+3. The summed E-state index contributed by atoms with van der Waals surface area (Å²) in [6.45, 7) is 5.68. The zero-order chi connectivity index (χ0) is 22.7. The van der Waals surface area contributed by atoms with Crippen LogP contribution in [0.3, 0.4) is 0 Å². The summed E-state index contributed by atoms with van der Waals surface area (Å²) in [7, 11) is 0. The Balaban J connectivity index is 0.000000429. The normalized spacial score (nSPS) is 9.39. The second kappa shape index (κ2) is 13.7. The number of hydrogen-bond acceptors (Lipinski definition) is 9. The number of nitrogens with zero attached hydrogens (tertiary/aromatic N) is 6. The molecule has 3 aromatic heterocycles. The fourth-order valence-corrected chi connectivity index (χ4v) is 1.89. The van der Waals surface area contributed by atoms with E-state index in [1.54, 1.807) is 18.2 Å². The molecule has 0 unspecified atom stereocenters. The largest absolute Gasteiger partial charge is 3.00 e. The van der Waals surface area contributed by atoms with Crippen molar-refractivity contribution in [2.24, 2.45) is 0 Å². The van der Waals surface area contributed by atoms with Gasteiger partial charge in [-0.1, -0.05) is 20.8 Å². The van der Waals surface area contributed by atoms with Crippen LogP contribution in [0.5, 0.6) is 0 Å². The first-order chi connectivity index (χ1) is 14.2. The van der Waals surface area contributed by atoms with Crippen molar-refractivity contribution in [2.45, 2.75) is 40.0 Å². The molecule has 0 aromatic carbocycles. The maximum Gasteiger partial charge on any atom is 3.00 e. The predicted molar refractivity (Wildman–Crippen MR) is 105 cm³/mol. The van der Waals surface area contributed by atoms with Crippen molar-refractivity contribution in [1.29, 1.82) is 0 Å². The molecule has 3 aromatic rings. The van der Waals surface area contributed by atoms with Gasteiger partial charge in [0.05, 0.1) is 18.6 Å². The van der Waals surface area contributed by atoms with Crippen molar-refractivity contribution in [2.75, 3.05) is 0 Å². The number of rotatable bonds is 3. The number of aromatic nitrogens is 6. The standard InChI is InChI=1S/3C6H8N2O2.Fe/c3*1-2-5-3-4-8(10)6(9)7-5;/h3*3-4,10H,2H2,1H3;/q;;;+3. The van der Waals surface area contributed by atoms with Crippen LogP contribution in [-0.4, -0.2) is 44.8 Å². The molecule has 0 aliphatic carbocycles. The van der Waals surface area contributed by atoms with Crippen LogP contribution in [0.15, 0.2) is 51.2 Å². The van der Waals surface area contributed by atoms with Gasteiger partial charge in [0.15, 0.2) is 0 Å². The van der Waals surface area contributed by atoms with Crippen LogP contribution < -0.4 is 17.1 Å². The molecule has 0 atom stereocenters. The third-order valence-electron chi connectivity index (χ3n) is 3.62. The molecule has 3 heterocycles. The van der Waals surface area contributed by atoms with E-state index in [0.29, 0.717) is 50.5 Å². The average molecular weight is 476 g/mol. The molecule has 0 spiro atoms. The van der Waals surface area contributed by atoms with E-state index in [9.17, 15) is 14.4 Å². The average Bonchev–Trinajstić information content (AvgIpc) is 2.75. The molecule has 13 heteroatoms. The van der Waals surface area contributed by atoms with Crippen LogP contribution in [0.4, 0.5) is 0 Å². The first-order valence-corrected chi connectivity index (χ1v) is 9.05. The number of aryl methyl sites for hydroxylation is 3. The molecule has 0 aliphatic rings. The molecule has 12 nitrogen and oxygen atoms in total. The Morgan fingerprint density at radius 3 is 1.00 bits per heavy atom. The molecule has 0 saturated heterocycles. The van der Waals surface area contributed by atoms with E-state index in [1.807, 2.05) is 20.8 Å². The minimum Gasteiger partial charge on any atom is -0.424 e. The van der Waals surface area contributed by atoms with Crippen molar-refractivity contribution in [1.82, 2.24) is 29.1 Å². The Bertz CT molecular complexity index is 986. The minimum absolute atomic E-state index is 0. The van der Waals surface area contributed by atoms with E-state index in [0.717, 1.165) is 0 Å². The van der Waals surface area contributed by atoms with Gasteiger partial charge in [-0.15, -0.1) is 14.2 Å². The Kier molecular flexibility index (Phi) is 12.2. The fraction of sp³-hybridized carbons (Fsp3) is 0.333. The van der Waals surface area contributed by atoms with Gasteiger partial charge in [-0.3, -0.25) is 0 Å². The molecule has 167 valence electrons. The molecule has 0 fully saturated rings. The van der Waals surface area contributed by atoms with Crippen LogP contribution in [0.1, 0.15) is 37.9 Å². The summed E-state index contributed by atoms with van der Waals surface area (Å²) in [5.41, 5.74) is 0.193. The van der Waals surface area contributed by atoms with Crippen LogP contribution in [-0.2, 0) is 36.3 Å². The Morgan fingerprint density at radius 1 is 0.613 bits per heavy atom. The second-order valence-electron chi connectivity index (χ2n) is 5.70. The first kappa shape index (κ1) is 27.6. The van der Waals surface area contributed by atoms with Crippen molar-refractivity contribution in [3.8, 4) is 0 Å². The van der Waals surface area contributed by atoms with Crippen LogP contribution >= 0.6 is 0 Å². The summed E-state index contributed by atoms with van der Waals surface area (Å²) in [5.74, 6) is 0. The van der Waals surface area contributed by atoms with Gasteiger partial charge in [0, 0.05) is 17.1 Å². The van der Waals surface area contributed by atoms with Crippen LogP contribution in [0.2, 0.25) is 0 Å². The molecule has 31 heavy (non-hydrogen) atoms. The topological polar surface area (TPSA) is 165 Å². The summed E-state index contributed by atoms with van der Waals surface area (Å²) < 4.78 is 1.37. The van der Waals surface area contributed by atoms with E-state index in [2.05, 4.69) is 15.0 Å². The third-order valence-corrected chi connectivity index (χ3v) is 3.62. The molecule has 1 radical (unpaired) electrons. The van der Waals surface area contributed by atoms with E-state index in [-0.39, 0.29) is 17.1 Å². The van der Waals surface area contributed by atoms with Gasteiger partial charge in [0.2, 0.25) is 0 Å². The fourth-order valence-electron chi connectivity index (χ4n) is 1.89. The molecule has 3 rings (SSSR count). The number of hydrogen-bond donors (Lipinski definition) is 3. The van der Waals surface area contributed by atoms with E-state index >= 15 is 0 Å². The van der Waals surface area contributed by atoms with Crippen molar-refractivity contribution in [3.63, 3.8) is 0 Å². The third kappa shape index (κ3) is 9.28. The Hall–Kier alpha value is -3.44. The van der Waals surface area contributed by atoms with Crippen molar-refractivity contribution >= 4 is 0 Å². The van der Waals surface area contributed by atoms with Gasteiger partial charge in [-0.2, -0.15) is 15.0 Å². The zero-order valence-electron chi connectivity index (χ0n) is 17.2. The van der Waals surface area contributed by atoms with Crippen LogP contribution in [0.25, 0.3) is 0 Å². The van der Waals surface area contributed by atoms with Crippen molar-refractivity contribution in [3.05, 3.63) is 85.3 Å². The van der Waals surface area contributed by atoms with Gasteiger partial charge < -0.3 is 15.6 Å². The maximum absolute atomic E-state index is 10.6. The first-order valence-electron chi connectivity index (χ1n) is 9.05. The summed E-state index contributed by atoms with van der Waals surface area (Å²) in [4.78, 5) is 42.4. The van der Waals surface area contributed by atoms with Gasteiger partial charge >= 0.3 is 34.1 Å². The van der Waals surface area contributed by atoms with E-state index < -0.39 is 17.1 Å². The molecule has 0 saturated carbocycles. The SMILES string of the molecule is CCc1ccn(O)c(=O)n1.CCc1ccn(O)c(=O)n1.CCc1ccn(O)c(=O)n1.[Fe+3]. The Labute approximate surface area is 187 Å². The quantitative estimate of drug-likeness (QED) is 0.352. The molecule has 3 N–H and O–H groups in total. The molecule has 0 amide bonds. The molecule has 0 aliphatic heterocycles. The second-order valence-corrected chi connectivity index (χ2v) is 5.70. The van der Waals surface area contributed by atoms with Gasteiger partial charge in [-0.25, -0.2) is 14.4 Å². The molecule has 0 bridgehead atoms. The monoisotopic (exact) mass is 476 g/mol. The summed E-state index contributed by atoms with van der Waals surface area (Å²) in [6, 6.07) is 4.80. The predicted octanol–water partition coefficient (Wildman–Crippen LogP) is 0.127. The van der Waals surface area contributed by atoms with Gasteiger partial charge in [0.25, 0.3) is 0 Å². The van der Waals surface area contributed by atoms with Crippen molar-refractivity contribution < 1.29 is 32.7 Å². The smallest absolute Gasteiger partial charge is 0.424 e. The van der Waals surface area contributed by atoms with Gasteiger partial charge in [0.1, 0.15) is 0 Å². The zero-order valence-corrected chi connectivity index (χ0v) is 18.3. The van der Waals surface area contributed by atoms with Crippen LogP contribution in [0, 0.1) is 0 Å². The minimum atomic E-state index is -0.626. The molecular weight excluding hydrogens is 452 g/mol. The van der Waals surface area contributed by atoms with Gasteiger partial charge in [-0.05, 0) is 37.5 Å². The Morgan fingerprint density at radius 2 is 0.839 bits per heavy atom. The van der Waals surface area contributed by atoms with E-state index in [4.69, 9.17) is 15.6 Å². The summed E-state index contributed by atoms with van der Waals surface area (Å²) in [5, 5.41) is 26.0. The van der Waals surface area contributed by atoms with E-state index in [1.165, 1.54) is 18.6 Å². The summed E-state index contributed by atoms with van der Waals surface area (Å²) >= 11 is 0. The maximum atomic E-state index is 10.6. The summed E-state index contributed by atoms with van der Waals surface area (Å²) in [6.07, 6.45) is 5.97.